The summed E-state index contributed by atoms with van der Waals surface area (Å²) < 4.78 is 10.3. The predicted molar refractivity (Wildman–Crippen MR) is 74.5 cm³/mol. The highest BCUT2D eigenvalue weighted by Gasteiger charge is 2.13. The molecule has 1 heterocycles. The van der Waals surface area contributed by atoms with Crippen molar-refractivity contribution in [2.75, 3.05) is 7.11 Å². The molecule has 0 saturated carbocycles. The van der Waals surface area contributed by atoms with Crippen LogP contribution in [0.4, 0.5) is 0 Å². The summed E-state index contributed by atoms with van der Waals surface area (Å²) in [5.41, 5.74) is 2.56. The van der Waals surface area contributed by atoms with E-state index in [0.717, 1.165) is 22.6 Å². The molecule has 0 bridgehead atoms. The highest BCUT2D eigenvalue weighted by atomic mass is 16.5. The summed E-state index contributed by atoms with van der Waals surface area (Å²) >= 11 is 0. The maximum absolute atomic E-state index is 12.0. The van der Waals surface area contributed by atoms with Gasteiger partial charge in [-0.25, -0.2) is 0 Å². The number of rotatable bonds is 5. The largest absolute Gasteiger partial charge is 0.496 e. The van der Waals surface area contributed by atoms with Crippen molar-refractivity contribution < 1.29 is 14.1 Å². The van der Waals surface area contributed by atoms with Gasteiger partial charge < -0.3 is 14.6 Å². The average Bonchev–Trinajstić information content (AvgIpc) is 2.77. The third-order valence-corrected chi connectivity index (χ3v) is 3.19. The van der Waals surface area contributed by atoms with Crippen molar-refractivity contribution in [2.24, 2.45) is 0 Å². The molecule has 1 amide bonds. The minimum atomic E-state index is -0.0645. The minimum absolute atomic E-state index is 0.0645. The zero-order valence-electron chi connectivity index (χ0n) is 11.9. The Bertz CT molecular complexity index is 585. The van der Waals surface area contributed by atoms with Crippen LogP contribution in [-0.2, 0) is 17.8 Å². The van der Waals surface area contributed by atoms with Crippen LogP contribution < -0.4 is 10.1 Å². The molecule has 0 saturated heterocycles. The number of hydrogen-bond acceptors (Lipinski definition) is 4. The van der Waals surface area contributed by atoms with Crippen molar-refractivity contribution in [1.82, 2.24) is 10.5 Å². The van der Waals surface area contributed by atoms with Gasteiger partial charge in [0.2, 0.25) is 5.91 Å². The summed E-state index contributed by atoms with van der Waals surface area (Å²) in [4.78, 5) is 12.0. The maximum Gasteiger partial charge on any atom is 0.224 e. The van der Waals surface area contributed by atoms with Crippen LogP contribution in [0.5, 0.6) is 5.75 Å². The zero-order valence-corrected chi connectivity index (χ0v) is 11.9. The van der Waals surface area contributed by atoms with Crippen molar-refractivity contribution in [3.8, 4) is 5.75 Å². The van der Waals surface area contributed by atoms with Gasteiger partial charge in [0.25, 0.3) is 0 Å². The molecule has 5 heteroatoms. The van der Waals surface area contributed by atoms with Crippen LogP contribution in [0.25, 0.3) is 0 Å². The van der Waals surface area contributed by atoms with Gasteiger partial charge in [-0.1, -0.05) is 23.4 Å². The van der Waals surface area contributed by atoms with E-state index in [4.69, 9.17) is 9.26 Å². The van der Waals surface area contributed by atoms with Gasteiger partial charge in [-0.15, -0.1) is 0 Å². The molecule has 20 heavy (non-hydrogen) atoms. The van der Waals surface area contributed by atoms with Crippen molar-refractivity contribution in [2.45, 2.75) is 26.8 Å². The number of methoxy groups -OCH3 is 1. The standard InChI is InChI=1S/C15H18N2O3/c1-10-13(11(2)20-17-10)8-15(18)16-9-12-6-4-5-7-14(12)19-3/h4-7H,8-9H2,1-3H3,(H,16,18). The highest BCUT2D eigenvalue weighted by Crippen LogP contribution is 2.17. The quantitative estimate of drug-likeness (QED) is 0.907. The Morgan fingerprint density at radius 2 is 2.10 bits per heavy atom. The van der Waals surface area contributed by atoms with Crippen LogP contribution in [-0.4, -0.2) is 18.2 Å². The number of aryl methyl sites for hydroxylation is 2. The Morgan fingerprint density at radius 3 is 2.75 bits per heavy atom. The lowest BCUT2D eigenvalue weighted by molar-refractivity contribution is -0.120. The van der Waals surface area contributed by atoms with E-state index in [1.54, 1.807) is 7.11 Å². The van der Waals surface area contributed by atoms with Crippen molar-refractivity contribution in [3.05, 3.63) is 46.8 Å². The first kappa shape index (κ1) is 14.1. The molecule has 2 aromatic rings. The molecule has 0 spiro atoms. The van der Waals surface area contributed by atoms with Crippen LogP contribution >= 0.6 is 0 Å². The fourth-order valence-corrected chi connectivity index (χ4v) is 2.02. The lowest BCUT2D eigenvalue weighted by Crippen LogP contribution is -2.25. The van der Waals surface area contributed by atoms with Crippen LogP contribution in [0, 0.1) is 13.8 Å². The van der Waals surface area contributed by atoms with Crippen molar-refractivity contribution in [1.29, 1.82) is 0 Å². The summed E-state index contributed by atoms with van der Waals surface area (Å²) in [5, 5.41) is 6.72. The summed E-state index contributed by atoms with van der Waals surface area (Å²) in [5.74, 6) is 1.39. The Hall–Kier alpha value is -2.30. The maximum atomic E-state index is 12.0. The first-order valence-corrected chi connectivity index (χ1v) is 6.42. The third-order valence-electron chi connectivity index (χ3n) is 3.19. The van der Waals surface area contributed by atoms with Gasteiger partial charge >= 0.3 is 0 Å². The van der Waals surface area contributed by atoms with Crippen molar-refractivity contribution >= 4 is 5.91 Å². The first-order chi connectivity index (χ1) is 9.61. The van der Waals surface area contributed by atoms with Gasteiger partial charge in [0.1, 0.15) is 11.5 Å². The summed E-state index contributed by atoms with van der Waals surface area (Å²) in [6.45, 7) is 4.08. The molecule has 1 N–H and O–H groups in total. The first-order valence-electron chi connectivity index (χ1n) is 6.42. The molecule has 0 aliphatic rings. The monoisotopic (exact) mass is 274 g/mol. The van der Waals surface area contributed by atoms with Crippen molar-refractivity contribution in [3.63, 3.8) is 0 Å². The number of aromatic nitrogens is 1. The number of para-hydroxylation sites is 1. The SMILES string of the molecule is COc1ccccc1CNC(=O)Cc1c(C)noc1C. The molecule has 0 radical (unpaired) electrons. The number of carbonyl (C=O) groups is 1. The summed E-state index contributed by atoms with van der Waals surface area (Å²) in [6.07, 6.45) is 0.274. The number of nitrogens with one attached hydrogen (secondary N) is 1. The molecular formula is C15H18N2O3. The fourth-order valence-electron chi connectivity index (χ4n) is 2.02. The average molecular weight is 274 g/mol. The third kappa shape index (κ3) is 3.17. The van der Waals surface area contributed by atoms with E-state index in [9.17, 15) is 4.79 Å². The van der Waals surface area contributed by atoms with Crippen LogP contribution in [0.2, 0.25) is 0 Å². The highest BCUT2D eigenvalue weighted by molar-refractivity contribution is 5.79. The summed E-state index contributed by atoms with van der Waals surface area (Å²) in [7, 11) is 1.62. The van der Waals surface area contributed by atoms with E-state index in [-0.39, 0.29) is 12.3 Å². The van der Waals surface area contributed by atoms with Gasteiger partial charge in [0.05, 0.1) is 19.2 Å². The Labute approximate surface area is 117 Å². The molecule has 0 aliphatic carbocycles. The van der Waals surface area contributed by atoms with Crippen LogP contribution in [0.3, 0.4) is 0 Å². The van der Waals surface area contributed by atoms with Crippen LogP contribution in [0.15, 0.2) is 28.8 Å². The molecular weight excluding hydrogens is 256 g/mol. The number of hydrogen-bond donors (Lipinski definition) is 1. The van der Waals surface area contributed by atoms with E-state index in [2.05, 4.69) is 10.5 Å². The Morgan fingerprint density at radius 1 is 1.35 bits per heavy atom. The van der Waals surface area contributed by atoms with E-state index in [1.165, 1.54) is 0 Å². The van der Waals surface area contributed by atoms with E-state index < -0.39 is 0 Å². The number of carbonyl (C=O) groups excluding carboxylic acids is 1. The molecule has 1 aromatic carbocycles. The summed E-state index contributed by atoms with van der Waals surface area (Å²) in [6, 6.07) is 7.61. The molecule has 5 nitrogen and oxygen atoms in total. The fraction of sp³-hybridized carbons (Fsp3) is 0.333. The Kier molecular flexibility index (Phi) is 4.40. The normalized spacial score (nSPS) is 10.3. The lowest BCUT2D eigenvalue weighted by atomic mass is 10.1. The minimum Gasteiger partial charge on any atom is -0.496 e. The molecule has 2 rings (SSSR count). The molecule has 106 valence electrons. The molecule has 1 aromatic heterocycles. The second-order valence-corrected chi connectivity index (χ2v) is 4.57. The van der Waals surface area contributed by atoms with Gasteiger partial charge in [-0.05, 0) is 19.9 Å². The molecule has 0 aliphatic heterocycles. The van der Waals surface area contributed by atoms with Gasteiger partial charge in [0.15, 0.2) is 0 Å². The van der Waals surface area contributed by atoms with Gasteiger partial charge in [0, 0.05) is 17.7 Å². The van der Waals surface area contributed by atoms with E-state index in [1.807, 2.05) is 38.1 Å². The number of ether oxygens (including phenoxy) is 1. The molecule has 0 fully saturated rings. The lowest BCUT2D eigenvalue weighted by Gasteiger charge is -2.09. The Balaban J connectivity index is 1.96. The predicted octanol–water partition coefficient (Wildman–Crippen LogP) is 2.16. The van der Waals surface area contributed by atoms with Gasteiger partial charge in [-0.2, -0.15) is 0 Å². The second kappa shape index (κ2) is 6.23. The molecule has 0 atom stereocenters. The molecule has 0 unspecified atom stereocenters. The van der Waals surface area contributed by atoms with E-state index in [0.29, 0.717) is 12.3 Å². The number of amides is 1. The topological polar surface area (TPSA) is 64.4 Å². The number of nitrogens with zero attached hydrogens (tertiary/aromatic N) is 1. The van der Waals surface area contributed by atoms with Crippen LogP contribution in [0.1, 0.15) is 22.6 Å². The smallest absolute Gasteiger partial charge is 0.224 e. The number of benzene rings is 1. The van der Waals surface area contributed by atoms with Gasteiger partial charge in [-0.3, -0.25) is 4.79 Å². The van der Waals surface area contributed by atoms with E-state index >= 15 is 0 Å². The second-order valence-electron chi connectivity index (χ2n) is 4.57. The zero-order chi connectivity index (χ0) is 14.5.